The molecule has 0 aliphatic heterocycles. The lowest BCUT2D eigenvalue weighted by atomic mass is 10.1. The van der Waals surface area contributed by atoms with Crippen molar-refractivity contribution in [2.24, 2.45) is 5.34 Å². The second-order valence-electron chi connectivity index (χ2n) is 3.72. The molecule has 0 saturated heterocycles. The number of hydrogen-bond acceptors (Lipinski definition) is 3. The SMILES string of the molecule is CCCCCCCCC(Cl)(Cl)CON=O. The molecule has 0 unspecified atom stereocenters. The van der Waals surface area contributed by atoms with Crippen LogP contribution in [-0.4, -0.2) is 10.9 Å². The van der Waals surface area contributed by atoms with E-state index in [4.69, 9.17) is 23.2 Å². The maximum absolute atomic E-state index is 9.71. The molecule has 0 rings (SSSR count). The van der Waals surface area contributed by atoms with Gasteiger partial charge in [0.05, 0.1) is 0 Å². The molecule has 0 N–H and O–H groups in total. The summed E-state index contributed by atoms with van der Waals surface area (Å²) in [6.45, 7) is 2.15. The third-order valence-corrected chi connectivity index (χ3v) is 2.82. The van der Waals surface area contributed by atoms with Gasteiger partial charge in [0.15, 0.2) is 16.3 Å². The van der Waals surface area contributed by atoms with E-state index in [1.165, 1.54) is 25.7 Å². The molecule has 0 heterocycles. The molecular weight excluding hydrogens is 237 g/mol. The second-order valence-corrected chi connectivity index (χ2v) is 5.36. The minimum Gasteiger partial charge on any atom is -0.361 e. The lowest BCUT2D eigenvalue weighted by Gasteiger charge is -2.16. The molecule has 0 amide bonds. The van der Waals surface area contributed by atoms with Gasteiger partial charge in [-0.15, -0.1) is 4.91 Å². The van der Waals surface area contributed by atoms with E-state index >= 15 is 0 Å². The highest BCUT2D eigenvalue weighted by Crippen LogP contribution is 2.28. The first-order valence-corrected chi connectivity index (χ1v) is 6.20. The maximum atomic E-state index is 9.71. The molecular formula is C10H19Cl2NO2. The Hall–Kier alpha value is -0.0200. The van der Waals surface area contributed by atoms with Crippen LogP contribution in [-0.2, 0) is 4.84 Å². The minimum atomic E-state index is -0.974. The molecule has 3 nitrogen and oxygen atoms in total. The van der Waals surface area contributed by atoms with Crippen molar-refractivity contribution in [3.63, 3.8) is 0 Å². The summed E-state index contributed by atoms with van der Waals surface area (Å²) in [7, 11) is 0. The Morgan fingerprint density at radius 3 is 2.33 bits per heavy atom. The highest BCUT2D eigenvalue weighted by atomic mass is 35.5. The number of rotatable bonds is 10. The lowest BCUT2D eigenvalue weighted by molar-refractivity contribution is 0.129. The molecule has 5 heteroatoms. The van der Waals surface area contributed by atoms with Crippen LogP contribution in [0.15, 0.2) is 5.34 Å². The Balaban J connectivity index is 3.35. The monoisotopic (exact) mass is 255 g/mol. The molecule has 0 aromatic carbocycles. The molecule has 0 aromatic rings. The number of halogens is 2. The molecule has 0 saturated carbocycles. The topological polar surface area (TPSA) is 38.7 Å². The van der Waals surface area contributed by atoms with E-state index in [1.807, 2.05) is 0 Å². The van der Waals surface area contributed by atoms with E-state index in [-0.39, 0.29) is 6.61 Å². The summed E-state index contributed by atoms with van der Waals surface area (Å²) in [5, 5.41) is 2.27. The average molecular weight is 256 g/mol. The number of unbranched alkanes of at least 4 members (excludes halogenated alkanes) is 5. The van der Waals surface area contributed by atoms with Crippen LogP contribution >= 0.6 is 23.2 Å². The molecule has 90 valence electrons. The van der Waals surface area contributed by atoms with Gasteiger partial charge < -0.3 is 4.84 Å². The van der Waals surface area contributed by atoms with Crippen LogP contribution in [0.1, 0.15) is 51.9 Å². The predicted molar refractivity (Wildman–Crippen MR) is 64.2 cm³/mol. The van der Waals surface area contributed by atoms with Crippen molar-refractivity contribution >= 4 is 23.2 Å². The van der Waals surface area contributed by atoms with Gasteiger partial charge in [-0.1, -0.05) is 68.7 Å². The zero-order chi connectivity index (χ0) is 11.6. The Morgan fingerprint density at radius 2 is 1.73 bits per heavy atom. The first-order chi connectivity index (χ1) is 7.12. The van der Waals surface area contributed by atoms with Gasteiger partial charge in [-0.25, -0.2) is 0 Å². The highest BCUT2D eigenvalue weighted by molar-refractivity contribution is 6.48. The Bertz CT molecular complexity index is 166. The minimum absolute atomic E-state index is 0.0332. The molecule has 0 bridgehead atoms. The first kappa shape index (κ1) is 15.0. The van der Waals surface area contributed by atoms with Gasteiger partial charge in [-0.05, 0) is 6.42 Å². The quantitative estimate of drug-likeness (QED) is 0.248. The third-order valence-electron chi connectivity index (χ3n) is 2.22. The van der Waals surface area contributed by atoms with Gasteiger partial charge in [0.1, 0.15) is 0 Å². The summed E-state index contributed by atoms with van der Waals surface area (Å²) < 4.78 is -0.974. The summed E-state index contributed by atoms with van der Waals surface area (Å²) in [5.41, 5.74) is 0. The normalized spacial score (nSPS) is 11.4. The number of alkyl halides is 2. The summed E-state index contributed by atoms with van der Waals surface area (Å²) in [4.78, 5) is 14.0. The summed E-state index contributed by atoms with van der Waals surface area (Å²) in [5.74, 6) is 0. The molecule has 0 aliphatic carbocycles. The van der Waals surface area contributed by atoms with Crippen LogP contribution in [0.2, 0.25) is 0 Å². The van der Waals surface area contributed by atoms with E-state index in [0.29, 0.717) is 6.42 Å². The largest absolute Gasteiger partial charge is 0.361 e. The van der Waals surface area contributed by atoms with Gasteiger partial charge >= 0.3 is 0 Å². The van der Waals surface area contributed by atoms with Crippen LogP contribution in [0.25, 0.3) is 0 Å². The molecule has 0 aliphatic rings. The van der Waals surface area contributed by atoms with Crippen LogP contribution in [0.5, 0.6) is 0 Å². The predicted octanol–water partition coefficient (Wildman–Crippen LogP) is 4.61. The van der Waals surface area contributed by atoms with E-state index in [2.05, 4.69) is 17.1 Å². The molecule has 0 aromatic heterocycles. The molecule has 0 radical (unpaired) electrons. The Kier molecular flexibility index (Phi) is 9.21. The molecule has 0 atom stereocenters. The average Bonchev–Trinajstić information content (AvgIpc) is 2.20. The highest BCUT2D eigenvalue weighted by Gasteiger charge is 2.24. The molecule has 15 heavy (non-hydrogen) atoms. The number of hydrogen-bond donors (Lipinski definition) is 0. The molecule has 0 fully saturated rings. The Morgan fingerprint density at radius 1 is 1.13 bits per heavy atom. The zero-order valence-corrected chi connectivity index (χ0v) is 10.7. The summed E-state index contributed by atoms with van der Waals surface area (Å²) >= 11 is 11.8. The van der Waals surface area contributed by atoms with Crippen molar-refractivity contribution in [2.45, 2.75) is 56.2 Å². The van der Waals surface area contributed by atoms with Gasteiger partial charge in [-0.3, -0.25) is 0 Å². The first-order valence-electron chi connectivity index (χ1n) is 5.45. The van der Waals surface area contributed by atoms with Crippen molar-refractivity contribution in [1.82, 2.24) is 0 Å². The van der Waals surface area contributed by atoms with E-state index < -0.39 is 4.33 Å². The van der Waals surface area contributed by atoms with Crippen molar-refractivity contribution in [2.75, 3.05) is 6.61 Å². The summed E-state index contributed by atoms with van der Waals surface area (Å²) in [6, 6.07) is 0. The van der Waals surface area contributed by atoms with Crippen LogP contribution in [0.3, 0.4) is 0 Å². The van der Waals surface area contributed by atoms with E-state index in [1.54, 1.807) is 0 Å². The van der Waals surface area contributed by atoms with Gasteiger partial charge in [-0.2, -0.15) is 0 Å². The fraction of sp³-hybridized carbons (Fsp3) is 1.00. The Labute approximate surface area is 101 Å². The van der Waals surface area contributed by atoms with Crippen molar-refractivity contribution in [1.29, 1.82) is 0 Å². The van der Waals surface area contributed by atoms with Gasteiger partial charge in [0.25, 0.3) is 0 Å². The van der Waals surface area contributed by atoms with E-state index in [9.17, 15) is 4.91 Å². The van der Waals surface area contributed by atoms with Crippen LogP contribution in [0, 0.1) is 4.91 Å². The molecule has 0 spiro atoms. The van der Waals surface area contributed by atoms with Gasteiger partial charge in [0.2, 0.25) is 0 Å². The van der Waals surface area contributed by atoms with Crippen LogP contribution in [0.4, 0.5) is 0 Å². The third kappa shape index (κ3) is 10.3. The van der Waals surface area contributed by atoms with Crippen molar-refractivity contribution in [3.8, 4) is 0 Å². The van der Waals surface area contributed by atoms with E-state index in [0.717, 1.165) is 12.8 Å². The lowest BCUT2D eigenvalue weighted by Crippen LogP contribution is -2.19. The maximum Gasteiger partial charge on any atom is 0.155 e. The number of nitrogens with zero attached hydrogens (tertiary/aromatic N) is 1. The van der Waals surface area contributed by atoms with Crippen molar-refractivity contribution < 1.29 is 4.84 Å². The second kappa shape index (κ2) is 9.22. The van der Waals surface area contributed by atoms with Crippen molar-refractivity contribution in [3.05, 3.63) is 4.91 Å². The smallest absolute Gasteiger partial charge is 0.155 e. The van der Waals surface area contributed by atoms with Gasteiger partial charge in [0, 0.05) is 0 Å². The fourth-order valence-electron chi connectivity index (χ4n) is 1.36. The standard InChI is InChI=1S/C10H19Cl2NO2/c1-2-3-4-5-6-7-8-10(11,12)9-15-13-14/h2-9H2,1H3. The summed E-state index contributed by atoms with van der Waals surface area (Å²) in [6.07, 6.45) is 7.72. The zero-order valence-electron chi connectivity index (χ0n) is 9.18. The fourth-order valence-corrected chi connectivity index (χ4v) is 1.72. The van der Waals surface area contributed by atoms with Crippen LogP contribution < -0.4 is 0 Å².